The standard InChI is InChI=1S/C19H25N3O4S/c1-14-7-9-22(10-8-14)27(24,25)13-17-6-4-3-5-16(17)12-20-19(23)18-11-15(2)26-21-18/h3-6,11,14H,7-10,12-13H2,1-2H3,(H,20,23). The summed E-state index contributed by atoms with van der Waals surface area (Å²) >= 11 is 0. The van der Waals surface area contributed by atoms with Crippen molar-refractivity contribution in [3.63, 3.8) is 0 Å². The number of benzene rings is 1. The van der Waals surface area contributed by atoms with Crippen LogP contribution in [-0.4, -0.2) is 36.9 Å². The zero-order valence-electron chi connectivity index (χ0n) is 15.6. The first-order valence-corrected chi connectivity index (χ1v) is 10.7. The van der Waals surface area contributed by atoms with Gasteiger partial charge in [0, 0.05) is 25.7 Å². The lowest BCUT2D eigenvalue weighted by atomic mass is 10.0. The third-order valence-electron chi connectivity index (χ3n) is 4.89. The van der Waals surface area contributed by atoms with Gasteiger partial charge in [-0.25, -0.2) is 12.7 Å². The minimum Gasteiger partial charge on any atom is -0.361 e. The lowest BCUT2D eigenvalue weighted by molar-refractivity contribution is 0.0941. The molecule has 8 heteroatoms. The van der Waals surface area contributed by atoms with Gasteiger partial charge in [-0.15, -0.1) is 0 Å². The SMILES string of the molecule is Cc1cc(C(=O)NCc2ccccc2CS(=O)(=O)N2CCC(C)CC2)no1. The zero-order valence-corrected chi connectivity index (χ0v) is 16.5. The third-order valence-corrected chi connectivity index (χ3v) is 6.72. The van der Waals surface area contributed by atoms with Crippen LogP contribution < -0.4 is 5.32 Å². The lowest BCUT2D eigenvalue weighted by Gasteiger charge is -2.29. The summed E-state index contributed by atoms with van der Waals surface area (Å²) in [7, 11) is -3.38. The van der Waals surface area contributed by atoms with E-state index in [1.165, 1.54) is 0 Å². The number of sulfonamides is 1. The van der Waals surface area contributed by atoms with Gasteiger partial charge in [-0.05, 0) is 36.8 Å². The fourth-order valence-electron chi connectivity index (χ4n) is 3.16. The number of carbonyl (C=O) groups excluding carboxylic acids is 1. The number of amides is 1. The number of carbonyl (C=O) groups is 1. The monoisotopic (exact) mass is 391 g/mol. The van der Waals surface area contributed by atoms with Crippen LogP contribution in [0, 0.1) is 12.8 Å². The number of nitrogens with one attached hydrogen (secondary N) is 1. The van der Waals surface area contributed by atoms with E-state index in [2.05, 4.69) is 17.4 Å². The number of piperidine rings is 1. The second kappa shape index (κ2) is 8.22. The molecule has 0 aliphatic carbocycles. The van der Waals surface area contributed by atoms with Gasteiger partial charge < -0.3 is 9.84 Å². The van der Waals surface area contributed by atoms with Gasteiger partial charge in [0.25, 0.3) is 5.91 Å². The molecule has 0 bridgehead atoms. The molecule has 1 fully saturated rings. The van der Waals surface area contributed by atoms with Crippen LogP contribution in [0.5, 0.6) is 0 Å². The first kappa shape index (κ1) is 19.6. The Balaban J connectivity index is 1.67. The first-order valence-electron chi connectivity index (χ1n) is 9.11. The van der Waals surface area contributed by atoms with Crippen molar-refractivity contribution >= 4 is 15.9 Å². The normalized spacial score (nSPS) is 16.4. The van der Waals surface area contributed by atoms with E-state index in [1.807, 2.05) is 18.2 Å². The fourth-order valence-corrected chi connectivity index (χ4v) is 4.79. The minimum absolute atomic E-state index is 0.0590. The second-order valence-electron chi connectivity index (χ2n) is 7.11. The molecule has 2 aromatic rings. The molecule has 1 saturated heterocycles. The lowest BCUT2D eigenvalue weighted by Crippen LogP contribution is -2.38. The summed E-state index contributed by atoms with van der Waals surface area (Å²) in [6.07, 6.45) is 1.79. The van der Waals surface area contributed by atoms with E-state index in [9.17, 15) is 13.2 Å². The molecule has 1 aliphatic heterocycles. The maximum atomic E-state index is 12.8. The van der Waals surface area contributed by atoms with Crippen LogP contribution in [-0.2, 0) is 22.3 Å². The molecule has 146 valence electrons. The molecule has 1 amide bonds. The van der Waals surface area contributed by atoms with Crippen LogP contribution in [0.2, 0.25) is 0 Å². The molecule has 7 nitrogen and oxygen atoms in total. The maximum absolute atomic E-state index is 12.8. The number of aryl methyl sites for hydroxylation is 1. The Morgan fingerprint density at radius 2 is 1.93 bits per heavy atom. The maximum Gasteiger partial charge on any atom is 0.273 e. The van der Waals surface area contributed by atoms with E-state index in [1.54, 1.807) is 23.4 Å². The van der Waals surface area contributed by atoms with Crippen molar-refractivity contribution in [2.24, 2.45) is 5.92 Å². The molecule has 0 radical (unpaired) electrons. The van der Waals surface area contributed by atoms with Crippen LogP contribution >= 0.6 is 0 Å². The van der Waals surface area contributed by atoms with Crippen molar-refractivity contribution in [3.8, 4) is 0 Å². The highest BCUT2D eigenvalue weighted by Crippen LogP contribution is 2.22. The summed E-state index contributed by atoms with van der Waals surface area (Å²) in [6.45, 7) is 5.25. The summed E-state index contributed by atoms with van der Waals surface area (Å²) in [6, 6.07) is 8.84. The minimum atomic E-state index is -3.38. The molecule has 2 heterocycles. The average molecular weight is 391 g/mol. The Morgan fingerprint density at radius 3 is 2.56 bits per heavy atom. The van der Waals surface area contributed by atoms with Gasteiger partial charge in [0.15, 0.2) is 5.69 Å². The Morgan fingerprint density at radius 1 is 1.26 bits per heavy atom. The van der Waals surface area contributed by atoms with Crippen molar-refractivity contribution in [1.82, 2.24) is 14.8 Å². The van der Waals surface area contributed by atoms with Crippen LogP contribution in [0.3, 0.4) is 0 Å². The van der Waals surface area contributed by atoms with Crippen molar-refractivity contribution in [3.05, 3.63) is 52.9 Å². The van der Waals surface area contributed by atoms with Gasteiger partial charge in [0.05, 0.1) is 5.75 Å². The third kappa shape index (κ3) is 4.95. The van der Waals surface area contributed by atoms with Crippen molar-refractivity contribution < 1.29 is 17.7 Å². The number of aromatic nitrogens is 1. The molecule has 27 heavy (non-hydrogen) atoms. The number of hydrogen-bond donors (Lipinski definition) is 1. The average Bonchev–Trinajstić information content (AvgIpc) is 3.07. The molecule has 0 saturated carbocycles. The Kier molecular flexibility index (Phi) is 5.96. The molecule has 0 atom stereocenters. The quantitative estimate of drug-likeness (QED) is 0.817. The number of hydrogen-bond acceptors (Lipinski definition) is 5. The summed E-state index contributed by atoms with van der Waals surface area (Å²) < 4.78 is 32.1. The van der Waals surface area contributed by atoms with Gasteiger partial charge in [-0.2, -0.15) is 0 Å². The number of nitrogens with zero attached hydrogens (tertiary/aromatic N) is 2. The van der Waals surface area contributed by atoms with Crippen LogP contribution in [0.15, 0.2) is 34.9 Å². The zero-order chi connectivity index (χ0) is 19.4. The molecule has 1 aromatic heterocycles. The largest absolute Gasteiger partial charge is 0.361 e. The van der Waals surface area contributed by atoms with E-state index in [-0.39, 0.29) is 23.9 Å². The highest BCUT2D eigenvalue weighted by Gasteiger charge is 2.27. The predicted molar refractivity (Wildman–Crippen MR) is 101 cm³/mol. The van der Waals surface area contributed by atoms with E-state index in [0.29, 0.717) is 30.3 Å². The summed E-state index contributed by atoms with van der Waals surface area (Å²) in [5.74, 6) is 0.715. The Labute approximate surface area is 159 Å². The Bertz CT molecular complexity index is 899. The van der Waals surface area contributed by atoms with Crippen molar-refractivity contribution in [2.45, 2.75) is 39.0 Å². The van der Waals surface area contributed by atoms with E-state index in [0.717, 1.165) is 18.4 Å². The van der Waals surface area contributed by atoms with E-state index in [4.69, 9.17) is 4.52 Å². The second-order valence-corrected chi connectivity index (χ2v) is 9.08. The van der Waals surface area contributed by atoms with Crippen LogP contribution in [0.4, 0.5) is 0 Å². The first-order chi connectivity index (χ1) is 12.8. The van der Waals surface area contributed by atoms with Gasteiger partial charge in [-0.3, -0.25) is 4.79 Å². The van der Waals surface area contributed by atoms with Crippen molar-refractivity contribution in [1.29, 1.82) is 0 Å². The molecule has 1 aromatic carbocycles. The highest BCUT2D eigenvalue weighted by atomic mass is 32.2. The fraction of sp³-hybridized carbons (Fsp3) is 0.474. The molecule has 0 spiro atoms. The molecular formula is C19H25N3O4S. The molecule has 1 N–H and O–H groups in total. The van der Waals surface area contributed by atoms with Crippen molar-refractivity contribution in [2.75, 3.05) is 13.1 Å². The van der Waals surface area contributed by atoms with E-state index < -0.39 is 10.0 Å². The summed E-state index contributed by atoms with van der Waals surface area (Å²) in [5.41, 5.74) is 1.69. The van der Waals surface area contributed by atoms with Crippen LogP contribution in [0.25, 0.3) is 0 Å². The van der Waals surface area contributed by atoms with Gasteiger partial charge in [0.1, 0.15) is 5.76 Å². The molecular weight excluding hydrogens is 366 g/mol. The smallest absolute Gasteiger partial charge is 0.273 e. The van der Waals surface area contributed by atoms with Gasteiger partial charge >= 0.3 is 0 Å². The molecule has 0 unspecified atom stereocenters. The predicted octanol–water partition coefficient (Wildman–Crippen LogP) is 2.47. The summed E-state index contributed by atoms with van der Waals surface area (Å²) in [5, 5.41) is 6.46. The van der Waals surface area contributed by atoms with Gasteiger partial charge in [0.2, 0.25) is 10.0 Å². The topological polar surface area (TPSA) is 92.5 Å². The number of rotatable bonds is 6. The van der Waals surface area contributed by atoms with Gasteiger partial charge in [-0.1, -0.05) is 36.3 Å². The summed E-state index contributed by atoms with van der Waals surface area (Å²) in [4.78, 5) is 12.1. The Hall–Kier alpha value is -2.19. The van der Waals surface area contributed by atoms with E-state index >= 15 is 0 Å². The molecule has 3 rings (SSSR count). The van der Waals surface area contributed by atoms with Crippen LogP contribution in [0.1, 0.15) is 47.1 Å². The highest BCUT2D eigenvalue weighted by molar-refractivity contribution is 7.88. The molecule has 1 aliphatic rings.